The van der Waals surface area contributed by atoms with Crippen LogP contribution in [0.2, 0.25) is 0 Å². The number of aromatic hydroxyl groups is 1. The van der Waals surface area contributed by atoms with E-state index in [1.165, 1.54) is 18.2 Å². The summed E-state index contributed by atoms with van der Waals surface area (Å²) in [6.07, 6.45) is 0. The molecule has 0 fully saturated rings. The topological polar surface area (TPSA) is 92.5 Å². The Morgan fingerprint density at radius 3 is 2.08 bits per heavy atom. The lowest BCUT2D eigenvalue weighted by Crippen LogP contribution is -2.12. The number of rotatable bonds is 4. The van der Waals surface area contributed by atoms with Crippen LogP contribution in [0.25, 0.3) is 11.1 Å². The van der Waals surface area contributed by atoms with Crippen molar-refractivity contribution >= 4 is 39.9 Å². The van der Waals surface area contributed by atoms with Crippen LogP contribution < -0.4 is 5.32 Å². The Kier molecular flexibility index (Phi) is 5.17. The molecular weight excluding hydrogens is 447 g/mol. The number of anilines is 1. The number of carbonyl (C=O) groups is 1. The first-order chi connectivity index (χ1) is 12.4. The van der Waals surface area contributed by atoms with Gasteiger partial charge in [0.25, 0.3) is 11.6 Å². The zero-order chi connectivity index (χ0) is 18.7. The Balaban J connectivity index is 1.75. The summed E-state index contributed by atoms with van der Waals surface area (Å²) in [4.78, 5) is 22.5. The van der Waals surface area contributed by atoms with E-state index in [9.17, 15) is 20.0 Å². The maximum absolute atomic E-state index is 12.3. The summed E-state index contributed by atoms with van der Waals surface area (Å²) in [6.45, 7) is 0. The lowest BCUT2D eigenvalue weighted by atomic mass is 10.0. The predicted molar refractivity (Wildman–Crippen MR) is 107 cm³/mol. The Hall–Kier alpha value is -2.94. The summed E-state index contributed by atoms with van der Waals surface area (Å²) < 4.78 is 0.837. The maximum Gasteiger partial charge on any atom is 0.269 e. The molecule has 3 aromatic rings. The fourth-order valence-corrected chi connectivity index (χ4v) is 2.89. The van der Waals surface area contributed by atoms with Crippen LogP contribution in [0.1, 0.15) is 10.4 Å². The fraction of sp³-hybridized carbons (Fsp3) is 0. The average molecular weight is 460 g/mol. The smallest absolute Gasteiger partial charge is 0.269 e. The number of carbonyl (C=O) groups excluding carboxylic acids is 1. The van der Waals surface area contributed by atoms with E-state index in [-0.39, 0.29) is 17.0 Å². The fourth-order valence-electron chi connectivity index (χ4n) is 2.42. The number of amides is 1. The summed E-state index contributed by atoms with van der Waals surface area (Å²) in [6, 6.07) is 18.2. The van der Waals surface area contributed by atoms with Gasteiger partial charge in [-0.15, -0.1) is 0 Å². The molecule has 0 aromatic heterocycles. The lowest BCUT2D eigenvalue weighted by Gasteiger charge is -2.08. The largest absolute Gasteiger partial charge is 0.507 e. The van der Waals surface area contributed by atoms with Crippen molar-refractivity contribution in [2.24, 2.45) is 0 Å². The second-order valence-corrected chi connectivity index (χ2v) is 6.74. The van der Waals surface area contributed by atoms with Gasteiger partial charge < -0.3 is 10.4 Å². The molecule has 0 aliphatic carbocycles. The standard InChI is InChI=1S/C19H13IN2O4/c20-14-5-10-17(18(23)11-14)19(24)21-15-6-1-12(2-7-15)13-3-8-16(9-4-13)22(25)26/h1-11,23H,(H,21,24). The Labute approximate surface area is 162 Å². The number of hydrogen-bond acceptors (Lipinski definition) is 4. The molecular formula is C19H13IN2O4. The third-order valence-corrected chi connectivity index (χ3v) is 4.43. The van der Waals surface area contributed by atoms with E-state index >= 15 is 0 Å². The van der Waals surface area contributed by atoms with Gasteiger partial charge in [-0.1, -0.05) is 12.1 Å². The number of non-ortho nitro benzene ring substituents is 1. The van der Waals surface area contributed by atoms with Gasteiger partial charge in [0.1, 0.15) is 5.75 Å². The molecule has 0 bridgehead atoms. The molecule has 1 amide bonds. The van der Waals surface area contributed by atoms with Gasteiger partial charge in [0, 0.05) is 21.4 Å². The number of benzene rings is 3. The highest BCUT2D eigenvalue weighted by molar-refractivity contribution is 14.1. The predicted octanol–water partition coefficient (Wildman–Crippen LogP) is 4.82. The summed E-state index contributed by atoms with van der Waals surface area (Å²) in [5.74, 6) is -0.473. The molecule has 0 spiro atoms. The van der Waals surface area contributed by atoms with E-state index < -0.39 is 10.8 Å². The van der Waals surface area contributed by atoms with E-state index in [1.807, 2.05) is 12.1 Å². The minimum absolute atomic E-state index is 0.0370. The van der Waals surface area contributed by atoms with Crippen molar-refractivity contribution in [3.8, 4) is 16.9 Å². The lowest BCUT2D eigenvalue weighted by molar-refractivity contribution is -0.384. The van der Waals surface area contributed by atoms with Crippen molar-refractivity contribution in [2.45, 2.75) is 0 Å². The molecule has 130 valence electrons. The highest BCUT2D eigenvalue weighted by Gasteiger charge is 2.12. The Bertz CT molecular complexity index is 970. The van der Waals surface area contributed by atoms with Gasteiger partial charge >= 0.3 is 0 Å². The Morgan fingerprint density at radius 1 is 0.962 bits per heavy atom. The second-order valence-electron chi connectivity index (χ2n) is 5.50. The van der Waals surface area contributed by atoms with Gasteiger partial charge in [-0.2, -0.15) is 0 Å². The molecule has 0 unspecified atom stereocenters. The molecule has 0 radical (unpaired) electrons. The van der Waals surface area contributed by atoms with Gasteiger partial charge in [0.15, 0.2) is 0 Å². The van der Waals surface area contributed by atoms with E-state index in [0.29, 0.717) is 5.69 Å². The molecule has 0 aliphatic rings. The zero-order valence-electron chi connectivity index (χ0n) is 13.3. The van der Waals surface area contributed by atoms with Crippen molar-refractivity contribution in [1.82, 2.24) is 0 Å². The number of nitrogens with one attached hydrogen (secondary N) is 1. The number of nitro groups is 1. The van der Waals surface area contributed by atoms with Crippen LogP contribution in [-0.2, 0) is 0 Å². The highest BCUT2D eigenvalue weighted by atomic mass is 127. The van der Waals surface area contributed by atoms with Gasteiger partial charge in [-0.05, 0) is 76.2 Å². The first kappa shape index (κ1) is 17.9. The molecule has 3 aromatic carbocycles. The third-order valence-electron chi connectivity index (χ3n) is 3.76. The second kappa shape index (κ2) is 7.52. The minimum atomic E-state index is -0.442. The van der Waals surface area contributed by atoms with Crippen LogP contribution in [0, 0.1) is 13.7 Å². The first-order valence-corrected chi connectivity index (χ1v) is 8.66. The number of halogens is 1. The summed E-state index contributed by atoms with van der Waals surface area (Å²) >= 11 is 2.05. The molecule has 0 heterocycles. The molecule has 0 aliphatic heterocycles. The van der Waals surface area contributed by atoms with Crippen molar-refractivity contribution in [3.63, 3.8) is 0 Å². The number of phenols is 1. The van der Waals surface area contributed by atoms with Gasteiger partial charge in [-0.3, -0.25) is 14.9 Å². The van der Waals surface area contributed by atoms with Gasteiger partial charge in [-0.25, -0.2) is 0 Å². The van der Waals surface area contributed by atoms with Gasteiger partial charge in [0.05, 0.1) is 10.5 Å². The molecule has 3 rings (SSSR count). The first-order valence-electron chi connectivity index (χ1n) is 7.59. The highest BCUT2D eigenvalue weighted by Crippen LogP contribution is 2.25. The quantitative estimate of drug-likeness (QED) is 0.332. The normalized spacial score (nSPS) is 10.3. The number of nitro benzene ring substituents is 1. The molecule has 0 atom stereocenters. The third kappa shape index (κ3) is 3.99. The summed E-state index contributed by atoms with van der Waals surface area (Å²) in [7, 11) is 0. The van der Waals surface area contributed by atoms with E-state index in [0.717, 1.165) is 14.7 Å². The molecule has 26 heavy (non-hydrogen) atoms. The minimum Gasteiger partial charge on any atom is -0.507 e. The van der Waals surface area contributed by atoms with Crippen molar-refractivity contribution in [3.05, 3.63) is 86.0 Å². The van der Waals surface area contributed by atoms with Crippen LogP contribution in [0.5, 0.6) is 5.75 Å². The number of hydrogen-bond donors (Lipinski definition) is 2. The van der Waals surface area contributed by atoms with Crippen molar-refractivity contribution in [2.75, 3.05) is 5.32 Å². The SMILES string of the molecule is O=C(Nc1ccc(-c2ccc([N+](=O)[O-])cc2)cc1)c1ccc(I)cc1O. The molecule has 0 saturated carbocycles. The van der Waals surface area contributed by atoms with Crippen LogP contribution in [0.15, 0.2) is 66.7 Å². The summed E-state index contributed by atoms with van der Waals surface area (Å²) in [5, 5.41) is 23.3. The number of nitrogens with zero attached hydrogens (tertiary/aromatic N) is 1. The number of phenolic OH excluding ortho intramolecular Hbond substituents is 1. The van der Waals surface area contributed by atoms with Crippen molar-refractivity contribution < 1.29 is 14.8 Å². The van der Waals surface area contributed by atoms with Gasteiger partial charge in [0.2, 0.25) is 0 Å². The average Bonchev–Trinajstić information content (AvgIpc) is 2.62. The van der Waals surface area contributed by atoms with Crippen LogP contribution in [0.3, 0.4) is 0 Å². The molecule has 7 heteroatoms. The zero-order valence-corrected chi connectivity index (χ0v) is 15.5. The molecule has 0 saturated heterocycles. The summed E-state index contributed by atoms with van der Waals surface area (Å²) in [5.41, 5.74) is 2.53. The van der Waals surface area contributed by atoms with E-state index in [4.69, 9.17) is 0 Å². The van der Waals surface area contributed by atoms with Crippen molar-refractivity contribution in [1.29, 1.82) is 0 Å². The van der Waals surface area contributed by atoms with Crippen LogP contribution in [-0.4, -0.2) is 15.9 Å². The van der Waals surface area contributed by atoms with Crippen LogP contribution in [0.4, 0.5) is 11.4 Å². The van der Waals surface area contributed by atoms with E-state index in [2.05, 4.69) is 27.9 Å². The maximum atomic E-state index is 12.3. The van der Waals surface area contributed by atoms with Crippen LogP contribution >= 0.6 is 22.6 Å². The Morgan fingerprint density at radius 2 is 1.54 bits per heavy atom. The van der Waals surface area contributed by atoms with E-state index in [1.54, 1.807) is 36.4 Å². The molecule has 2 N–H and O–H groups in total. The monoisotopic (exact) mass is 460 g/mol. The molecule has 6 nitrogen and oxygen atoms in total.